The number of rotatable bonds is 6. The fraction of sp³-hybridized carbons (Fsp3) is 0.375. The highest BCUT2D eigenvalue weighted by Crippen LogP contribution is 2.25. The number of benzene rings is 2. The van der Waals surface area contributed by atoms with Crippen LogP contribution >= 0.6 is 0 Å². The normalized spacial score (nSPS) is 20.5. The van der Waals surface area contributed by atoms with Gasteiger partial charge in [-0.2, -0.15) is 0 Å². The summed E-state index contributed by atoms with van der Waals surface area (Å²) in [5, 5.41) is 2.79. The van der Waals surface area contributed by atoms with Gasteiger partial charge in [0.1, 0.15) is 17.8 Å². The maximum Gasteiger partial charge on any atom is 0.325 e. The van der Waals surface area contributed by atoms with Gasteiger partial charge in [-0.25, -0.2) is 4.79 Å². The Morgan fingerprint density at radius 3 is 2.52 bits per heavy atom. The van der Waals surface area contributed by atoms with Gasteiger partial charge in [0, 0.05) is 13.1 Å². The molecule has 2 aliphatic rings. The van der Waals surface area contributed by atoms with E-state index in [0.717, 1.165) is 28.2 Å². The van der Waals surface area contributed by atoms with Crippen LogP contribution in [0.1, 0.15) is 30.0 Å². The molecule has 1 saturated heterocycles. The van der Waals surface area contributed by atoms with Crippen LogP contribution in [0.25, 0.3) is 0 Å². The summed E-state index contributed by atoms with van der Waals surface area (Å²) >= 11 is 0. The van der Waals surface area contributed by atoms with E-state index >= 15 is 0 Å². The molecular weight excluding hydrogens is 394 g/mol. The fourth-order valence-electron chi connectivity index (χ4n) is 4.19. The van der Waals surface area contributed by atoms with E-state index in [-0.39, 0.29) is 18.4 Å². The van der Waals surface area contributed by atoms with E-state index in [4.69, 9.17) is 4.74 Å². The topological polar surface area (TPSA) is 79.0 Å². The number of imide groups is 1. The van der Waals surface area contributed by atoms with E-state index in [1.807, 2.05) is 42.5 Å². The standard InChI is InChI=1S/C24H27N3O4/c1-24(13-11-17-7-9-20(31-2)10-8-17)22(29)27(23(30)25-24)16-21(28)26-14-12-18-5-3-4-6-19(18)15-26/h3-10H,11-16H2,1-2H3,(H,25,30)/t24-/m1/s1. The lowest BCUT2D eigenvalue weighted by atomic mass is 9.93. The van der Waals surface area contributed by atoms with Gasteiger partial charge in [0.15, 0.2) is 0 Å². The summed E-state index contributed by atoms with van der Waals surface area (Å²) in [5.41, 5.74) is 2.38. The van der Waals surface area contributed by atoms with Crippen molar-refractivity contribution in [2.24, 2.45) is 0 Å². The molecule has 4 amide bonds. The van der Waals surface area contributed by atoms with Crippen LogP contribution in [0, 0.1) is 0 Å². The van der Waals surface area contributed by atoms with Gasteiger partial charge in [0.25, 0.3) is 5.91 Å². The van der Waals surface area contributed by atoms with Crippen LogP contribution in [0.2, 0.25) is 0 Å². The van der Waals surface area contributed by atoms with Crippen molar-refractivity contribution in [2.45, 2.75) is 38.3 Å². The highest BCUT2D eigenvalue weighted by molar-refractivity contribution is 6.08. The van der Waals surface area contributed by atoms with Crippen molar-refractivity contribution in [3.63, 3.8) is 0 Å². The number of carbonyl (C=O) groups excluding carboxylic acids is 3. The molecule has 162 valence electrons. The van der Waals surface area contributed by atoms with Crippen molar-refractivity contribution in [1.82, 2.24) is 15.1 Å². The average molecular weight is 421 g/mol. The van der Waals surface area contributed by atoms with Crippen LogP contribution in [0.15, 0.2) is 48.5 Å². The van der Waals surface area contributed by atoms with Gasteiger partial charge >= 0.3 is 6.03 Å². The zero-order valence-corrected chi connectivity index (χ0v) is 17.9. The monoisotopic (exact) mass is 421 g/mol. The zero-order chi connectivity index (χ0) is 22.0. The molecule has 0 aliphatic carbocycles. The number of urea groups is 1. The van der Waals surface area contributed by atoms with Crippen LogP contribution < -0.4 is 10.1 Å². The number of hydrogen-bond donors (Lipinski definition) is 1. The molecule has 31 heavy (non-hydrogen) atoms. The highest BCUT2D eigenvalue weighted by Gasteiger charge is 2.48. The lowest BCUT2D eigenvalue weighted by molar-refractivity contribution is -0.139. The van der Waals surface area contributed by atoms with Crippen molar-refractivity contribution in [1.29, 1.82) is 0 Å². The number of carbonyl (C=O) groups is 3. The summed E-state index contributed by atoms with van der Waals surface area (Å²) in [5.74, 6) is 0.208. The number of hydrogen-bond acceptors (Lipinski definition) is 4. The second kappa shape index (κ2) is 8.41. The molecule has 2 aromatic carbocycles. The molecule has 2 aromatic rings. The molecule has 0 aromatic heterocycles. The van der Waals surface area contributed by atoms with Gasteiger partial charge in [-0.15, -0.1) is 0 Å². The number of aryl methyl sites for hydroxylation is 1. The van der Waals surface area contributed by atoms with Crippen molar-refractivity contribution in [3.8, 4) is 5.75 Å². The van der Waals surface area contributed by atoms with Crippen LogP contribution in [0.4, 0.5) is 4.79 Å². The summed E-state index contributed by atoms with van der Waals surface area (Å²) in [4.78, 5) is 41.2. The van der Waals surface area contributed by atoms with E-state index in [1.165, 1.54) is 5.56 Å². The minimum absolute atomic E-state index is 0.211. The molecule has 1 fully saturated rings. The first-order chi connectivity index (χ1) is 14.9. The van der Waals surface area contributed by atoms with Crippen molar-refractivity contribution >= 4 is 17.8 Å². The Balaban J connectivity index is 1.37. The van der Waals surface area contributed by atoms with Crippen molar-refractivity contribution in [3.05, 3.63) is 65.2 Å². The third-order valence-corrected chi connectivity index (χ3v) is 6.19. The van der Waals surface area contributed by atoms with Gasteiger partial charge in [-0.1, -0.05) is 36.4 Å². The predicted molar refractivity (Wildman–Crippen MR) is 116 cm³/mol. The molecule has 7 nitrogen and oxygen atoms in total. The smallest absolute Gasteiger partial charge is 0.325 e. The lowest BCUT2D eigenvalue weighted by Gasteiger charge is -2.30. The van der Waals surface area contributed by atoms with Crippen LogP contribution in [0.3, 0.4) is 0 Å². The summed E-state index contributed by atoms with van der Waals surface area (Å²) < 4.78 is 5.16. The fourth-order valence-corrected chi connectivity index (χ4v) is 4.19. The Bertz CT molecular complexity index is 1000. The quantitative estimate of drug-likeness (QED) is 0.727. The number of nitrogens with zero attached hydrogens (tertiary/aromatic N) is 2. The maximum absolute atomic E-state index is 13.0. The van der Waals surface area contributed by atoms with Crippen LogP contribution in [0.5, 0.6) is 5.75 Å². The van der Waals surface area contributed by atoms with E-state index in [1.54, 1.807) is 18.9 Å². The molecule has 0 radical (unpaired) electrons. The minimum atomic E-state index is -1.02. The molecule has 4 rings (SSSR count). The third kappa shape index (κ3) is 4.26. The molecule has 1 N–H and O–H groups in total. The average Bonchev–Trinajstić information content (AvgIpc) is 3.01. The Morgan fingerprint density at radius 2 is 1.81 bits per heavy atom. The molecule has 0 spiro atoms. The Labute approximate surface area is 182 Å². The predicted octanol–water partition coefficient (Wildman–Crippen LogP) is 2.52. The van der Waals surface area contributed by atoms with Gasteiger partial charge in [0.2, 0.25) is 5.91 Å². The number of methoxy groups -OCH3 is 1. The molecular formula is C24H27N3O4. The molecule has 0 unspecified atom stereocenters. The molecule has 7 heteroatoms. The van der Waals surface area contributed by atoms with E-state index in [9.17, 15) is 14.4 Å². The van der Waals surface area contributed by atoms with Gasteiger partial charge in [-0.3, -0.25) is 14.5 Å². The summed E-state index contributed by atoms with van der Waals surface area (Å²) in [6, 6.07) is 15.2. The van der Waals surface area contributed by atoms with Crippen LogP contribution in [-0.2, 0) is 29.0 Å². The second-order valence-electron chi connectivity index (χ2n) is 8.34. The molecule has 2 heterocycles. The van der Waals surface area contributed by atoms with Crippen molar-refractivity contribution in [2.75, 3.05) is 20.2 Å². The first-order valence-electron chi connectivity index (χ1n) is 10.5. The van der Waals surface area contributed by atoms with Gasteiger partial charge < -0.3 is 15.0 Å². The van der Waals surface area contributed by atoms with Crippen molar-refractivity contribution < 1.29 is 19.1 Å². The molecule has 2 aliphatic heterocycles. The Kier molecular flexibility index (Phi) is 5.67. The minimum Gasteiger partial charge on any atom is -0.497 e. The third-order valence-electron chi connectivity index (χ3n) is 6.19. The summed E-state index contributed by atoms with van der Waals surface area (Å²) in [6.07, 6.45) is 1.85. The lowest BCUT2D eigenvalue weighted by Crippen LogP contribution is -2.46. The number of nitrogens with one attached hydrogen (secondary N) is 1. The zero-order valence-electron chi connectivity index (χ0n) is 17.9. The van der Waals surface area contributed by atoms with Crippen LogP contribution in [-0.4, -0.2) is 53.4 Å². The highest BCUT2D eigenvalue weighted by atomic mass is 16.5. The number of amides is 4. The van der Waals surface area contributed by atoms with E-state index in [2.05, 4.69) is 11.4 Å². The number of fused-ring (bicyclic) bond motifs is 1. The maximum atomic E-state index is 13.0. The Morgan fingerprint density at radius 1 is 1.10 bits per heavy atom. The summed E-state index contributed by atoms with van der Waals surface area (Å²) in [7, 11) is 1.61. The largest absolute Gasteiger partial charge is 0.497 e. The first-order valence-corrected chi connectivity index (χ1v) is 10.5. The molecule has 0 saturated carbocycles. The molecule has 1 atom stereocenters. The van der Waals surface area contributed by atoms with E-state index < -0.39 is 11.6 Å². The van der Waals surface area contributed by atoms with Gasteiger partial charge in [-0.05, 0) is 55.0 Å². The molecule has 0 bridgehead atoms. The van der Waals surface area contributed by atoms with Gasteiger partial charge in [0.05, 0.1) is 7.11 Å². The SMILES string of the molecule is COc1ccc(CC[C@@]2(C)NC(=O)N(CC(=O)N3CCc4ccccc4C3)C2=O)cc1. The number of ether oxygens (including phenoxy) is 1. The Hall–Kier alpha value is -3.35. The second-order valence-corrected chi connectivity index (χ2v) is 8.34. The first kappa shape index (κ1) is 20.9. The summed E-state index contributed by atoms with van der Waals surface area (Å²) in [6.45, 7) is 2.59. The van der Waals surface area contributed by atoms with E-state index in [0.29, 0.717) is 25.9 Å².